The Bertz CT molecular complexity index is 480. The molecule has 1 aromatic carbocycles. The average molecular weight is 230 g/mol. The van der Waals surface area contributed by atoms with E-state index < -0.39 is 7.12 Å². The van der Waals surface area contributed by atoms with Crippen LogP contribution >= 0.6 is 0 Å². The van der Waals surface area contributed by atoms with Gasteiger partial charge in [0.2, 0.25) is 0 Å². The molecule has 3 rings (SSSR count). The topological polar surface area (TPSA) is 46.5 Å². The van der Waals surface area contributed by atoms with Crippen LogP contribution in [0.2, 0.25) is 0 Å². The van der Waals surface area contributed by atoms with Crippen molar-refractivity contribution in [2.45, 2.75) is 38.2 Å². The first-order chi connectivity index (χ1) is 8.11. The third kappa shape index (κ3) is 1.63. The molecule has 0 bridgehead atoms. The van der Waals surface area contributed by atoms with Crippen molar-refractivity contribution in [3.05, 3.63) is 29.3 Å². The van der Waals surface area contributed by atoms with Gasteiger partial charge in [0, 0.05) is 6.42 Å². The zero-order valence-corrected chi connectivity index (χ0v) is 9.90. The van der Waals surface area contributed by atoms with Gasteiger partial charge in [0.05, 0.1) is 5.60 Å². The highest BCUT2D eigenvalue weighted by Gasteiger charge is 2.50. The van der Waals surface area contributed by atoms with Gasteiger partial charge in [-0.05, 0) is 42.8 Å². The highest BCUT2D eigenvalue weighted by atomic mass is 16.5. The highest BCUT2D eigenvalue weighted by Crippen LogP contribution is 2.47. The predicted octanol–water partition coefficient (Wildman–Crippen LogP) is 0.915. The Morgan fingerprint density at radius 1 is 1.53 bits per heavy atom. The molecule has 3 nitrogen and oxygen atoms in total. The maximum absolute atomic E-state index is 11.1. The van der Waals surface area contributed by atoms with E-state index in [-0.39, 0.29) is 11.4 Å². The molecule has 1 aliphatic heterocycles. The van der Waals surface area contributed by atoms with Crippen LogP contribution in [0.5, 0.6) is 0 Å². The minimum atomic E-state index is -0.822. The van der Waals surface area contributed by atoms with Crippen LogP contribution in [0.25, 0.3) is 0 Å². The summed E-state index contributed by atoms with van der Waals surface area (Å²) in [6.45, 7) is 1.58. The summed E-state index contributed by atoms with van der Waals surface area (Å²) in [5.74, 6) is 0.136. The number of hydrogen-bond acceptors (Lipinski definition) is 3. The molecule has 1 N–H and O–H groups in total. The van der Waals surface area contributed by atoms with Gasteiger partial charge in [-0.25, -0.2) is 0 Å². The van der Waals surface area contributed by atoms with E-state index in [0.29, 0.717) is 6.42 Å². The van der Waals surface area contributed by atoms with Crippen LogP contribution in [0, 0.1) is 0 Å². The molecule has 2 aliphatic rings. The van der Waals surface area contributed by atoms with Gasteiger partial charge in [-0.15, -0.1) is 0 Å². The molecule has 0 radical (unpaired) electrons. The van der Waals surface area contributed by atoms with Crippen LogP contribution in [0.1, 0.15) is 37.3 Å². The summed E-state index contributed by atoms with van der Waals surface area (Å²) in [6, 6.07) is 5.90. The van der Waals surface area contributed by atoms with Crippen molar-refractivity contribution in [1.82, 2.24) is 0 Å². The van der Waals surface area contributed by atoms with Crippen LogP contribution in [0.15, 0.2) is 18.2 Å². The molecular weight excluding hydrogens is 215 g/mol. The van der Waals surface area contributed by atoms with E-state index in [1.807, 2.05) is 18.2 Å². The van der Waals surface area contributed by atoms with Crippen molar-refractivity contribution in [3.8, 4) is 0 Å². The van der Waals surface area contributed by atoms with Crippen molar-refractivity contribution in [1.29, 1.82) is 0 Å². The maximum Gasteiger partial charge on any atom is 0.492 e. The fourth-order valence-corrected chi connectivity index (χ4v) is 2.85. The molecular formula is C13H15BO3. The maximum atomic E-state index is 11.1. The van der Waals surface area contributed by atoms with Gasteiger partial charge in [-0.2, -0.15) is 0 Å². The molecule has 1 fully saturated rings. The number of fused-ring (bicyclic) bond motifs is 2. The van der Waals surface area contributed by atoms with Gasteiger partial charge in [-0.3, -0.25) is 4.79 Å². The first-order valence-corrected chi connectivity index (χ1v) is 6.09. The molecule has 0 aromatic heterocycles. The number of carbonyl (C=O) groups is 1. The molecule has 4 heteroatoms. The number of ketones is 1. The van der Waals surface area contributed by atoms with E-state index in [1.54, 1.807) is 6.92 Å². The largest absolute Gasteiger partial charge is 0.492 e. The van der Waals surface area contributed by atoms with Crippen LogP contribution in [-0.4, -0.2) is 17.9 Å². The summed E-state index contributed by atoms with van der Waals surface area (Å²) >= 11 is 0. The molecule has 1 heterocycles. The Morgan fingerprint density at radius 3 is 2.88 bits per heavy atom. The van der Waals surface area contributed by atoms with E-state index in [4.69, 9.17) is 4.65 Å². The van der Waals surface area contributed by atoms with Crippen LogP contribution < -0.4 is 5.46 Å². The van der Waals surface area contributed by atoms with Gasteiger partial charge in [-0.1, -0.05) is 18.2 Å². The lowest BCUT2D eigenvalue weighted by atomic mass is 9.72. The Kier molecular flexibility index (Phi) is 2.38. The third-order valence-corrected chi connectivity index (χ3v) is 3.82. The van der Waals surface area contributed by atoms with Crippen molar-refractivity contribution < 1.29 is 14.5 Å². The van der Waals surface area contributed by atoms with E-state index >= 15 is 0 Å². The lowest BCUT2D eigenvalue weighted by Crippen LogP contribution is -2.35. The van der Waals surface area contributed by atoms with E-state index in [0.717, 1.165) is 35.9 Å². The number of benzene rings is 1. The average Bonchev–Trinajstić information content (AvgIpc) is 2.51. The quantitative estimate of drug-likeness (QED) is 0.768. The molecule has 88 valence electrons. The summed E-state index contributed by atoms with van der Waals surface area (Å²) in [5, 5.41) is 9.93. The standard InChI is InChI=1S/C13H15BO3/c1-9(15)7-10-3-4-11-12(8-10)14(16)17-13(11)5-2-6-13/h3-4,8,16H,2,5-7H2,1H3. The third-order valence-electron chi connectivity index (χ3n) is 3.82. The summed E-state index contributed by atoms with van der Waals surface area (Å²) < 4.78 is 5.69. The summed E-state index contributed by atoms with van der Waals surface area (Å²) in [4.78, 5) is 11.1. The van der Waals surface area contributed by atoms with Gasteiger partial charge >= 0.3 is 7.12 Å². The molecule has 1 aliphatic carbocycles. The zero-order valence-electron chi connectivity index (χ0n) is 9.90. The molecule has 0 saturated heterocycles. The zero-order chi connectivity index (χ0) is 12.0. The van der Waals surface area contributed by atoms with Gasteiger partial charge < -0.3 is 9.68 Å². The summed E-state index contributed by atoms with van der Waals surface area (Å²) in [6.07, 6.45) is 3.56. The van der Waals surface area contributed by atoms with Gasteiger partial charge in [0.1, 0.15) is 5.78 Å². The Balaban J connectivity index is 1.98. The fourth-order valence-electron chi connectivity index (χ4n) is 2.85. The number of hydrogen-bond donors (Lipinski definition) is 1. The van der Waals surface area contributed by atoms with Crippen LogP contribution in [0.4, 0.5) is 0 Å². The summed E-state index contributed by atoms with van der Waals surface area (Å²) in [7, 11) is -0.822. The fraction of sp³-hybridized carbons (Fsp3) is 0.462. The van der Waals surface area contributed by atoms with Gasteiger partial charge in [0.15, 0.2) is 0 Å². The molecule has 1 spiro atoms. The SMILES string of the molecule is CC(=O)Cc1ccc2c(c1)B(O)OC21CCC1. The first kappa shape index (κ1) is 11.0. The van der Waals surface area contributed by atoms with Crippen molar-refractivity contribution in [3.63, 3.8) is 0 Å². The predicted molar refractivity (Wildman–Crippen MR) is 65.0 cm³/mol. The molecule has 1 saturated carbocycles. The smallest absolute Gasteiger partial charge is 0.423 e. The van der Waals surface area contributed by atoms with E-state index in [2.05, 4.69) is 0 Å². The van der Waals surface area contributed by atoms with Gasteiger partial charge in [0.25, 0.3) is 0 Å². The molecule has 0 unspecified atom stereocenters. The summed E-state index contributed by atoms with van der Waals surface area (Å²) in [5.41, 5.74) is 2.69. The van der Waals surface area contributed by atoms with Crippen molar-refractivity contribution >= 4 is 18.4 Å². The minimum Gasteiger partial charge on any atom is -0.423 e. The highest BCUT2D eigenvalue weighted by molar-refractivity contribution is 6.62. The minimum absolute atomic E-state index is 0.136. The second-order valence-corrected chi connectivity index (χ2v) is 5.12. The van der Waals surface area contributed by atoms with Crippen molar-refractivity contribution in [2.24, 2.45) is 0 Å². The Labute approximate surface area is 101 Å². The Morgan fingerprint density at radius 2 is 2.29 bits per heavy atom. The van der Waals surface area contributed by atoms with E-state index in [1.165, 1.54) is 0 Å². The van der Waals surface area contributed by atoms with E-state index in [9.17, 15) is 9.82 Å². The van der Waals surface area contributed by atoms with Crippen molar-refractivity contribution in [2.75, 3.05) is 0 Å². The number of Topliss-reactive ketones (excluding diaryl/α,β-unsaturated/α-hetero) is 1. The Hall–Kier alpha value is -1.13. The lowest BCUT2D eigenvalue weighted by molar-refractivity contribution is -0.116. The number of carbonyl (C=O) groups excluding carboxylic acids is 1. The normalized spacial score (nSPS) is 20.2. The second-order valence-electron chi connectivity index (χ2n) is 5.12. The second kappa shape index (κ2) is 3.69. The molecule has 1 aromatic rings. The number of rotatable bonds is 2. The van der Waals surface area contributed by atoms with Crippen LogP contribution in [0.3, 0.4) is 0 Å². The molecule has 0 atom stereocenters. The molecule has 17 heavy (non-hydrogen) atoms. The monoisotopic (exact) mass is 230 g/mol. The molecule has 0 amide bonds. The van der Waals surface area contributed by atoms with Crippen LogP contribution in [-0.2, 0) is 21.5 Å². The lowest BCUT2D eigenvalue weighted by Gasteiger charge is -2.39. The first-order valence-electron chi connectivity index (χ1n) is 6.09.